The van der Waals surface area contributed by atoms with E-state index in [1.54, 1.807) is 0 Å². The maximum Gasteiger partial charge on any atom is 0.0697 e. The zero-order chi connectivity index (χ0) is 9.78. The summed E-state index contributed by atoms with van der Waals surface area (Å²) in [6, 6.07) is 0. The molecule has 0 saturated carbocycles. The smallest absolute Gasteiger partial charge is 0.0697 e. The van der Waals surface area contributed by atoms with E-state index in [1.807, 2.05) is 0 Å². The normalized spacial score (nSPS) is 15.2. The van der Waals surface area contributed by atoms with Gasteiger partial charge in [0.2, 0.25) is 0 Å². The maximum absolute atomic E-state index is 8.24. The first kappa shape index (κ1) is 12.9. The van der Waals surface area contributed by atoms with Crippen LogP contribution in [-0.4, -0.2) is 38.1 Å². The number of aliphatic hydroxyl groups is 1. The molecule has 80 valence electrons. The number of hydrogen-bond acceptors (Lipinski definition) is 3. The molecule has 0 spiro atoms. The van der Waals surface area contributed by atoms with Gasteiger partial charge < -0.3 is 14.6 Å². The summed E-state index contributed by atoms with van der Waals surface area (Å²) in [5, 5.41) is 8.24. The van der Waals surface area contributed by atoms with Gasteiger partial charge in [0.1, 0.15) is 0 Å². The standard InChI is InChI=1S/C6H14O2.C4H8O/c1-2-3-5-8-6-4-7;1-2-4-5-3-1/h7H,2-6H2,1H3;1-4H2. The lowest BCUT2D eigenvalue weighted by Crippen LogP contribution is -1.99. The van der Waals surface area contributed by atoms with Crippen LogP contribution in [0, 0.1) is 0 Å². The molecule has 0 aromatic rings. The topological polar surface area (TPSA) is 38.7 Å². The van der Waals surface area contributed by atoms with Crippen molar-refractivity contribution < 1.29 is 14.6 Å². The fourth-order valence-electron chi connectivity index (χ4n) is 0.923. The van der Waals surface area contributed by atoms with E-state index in [9.17, 15) is 0 Å². The van der Waals surface area contributed by atoms with Gasteiger partial charge >= 0.3 is 0 Å². The predicted molar refractivity (Wildman–Crippen MR) is 52.9 cm³/mol. The fraction of sp³-hybridized carbons (Fsp3) is 1.00. The molecule has 0 aromatic heterocycles. The first-order valence-electron chi connectivity index (χ1n) is 5.18. The molecule has 0 radical (unpaired) electrons. The third kappa shape index (κ3) is 11.9. The van der Waals surface area contributed by atoms with Crippen LogP contribution in [0.4, 0.5) is 0 Å². The SMILES string of the molecule is C1CCOC1.CCCCOCCO. The summed E-state index contributed by atoms with van der Waals surface area (Å²) in [6.07, 6.45) is 4.81. The Balaban J connectivity index is 0.000000243. The Morgan fingerprint density at radius 3 is 2.31 bits per heavy atom. The molecule has 0 amide bonds. The van der Waals surface area contributed by atoms with Gasteiger partial charge in [-0.2, -0.15) is 0 Å². The van der Waals surface area contributed by atoms with Crippen molar-refractivity contribution >= 4 is 0 Å². The first-order valence-corrected chi connectivity index (χ1v) is 5.18. The van der Waals surface area contributed by atoms with Crippen molar-refractivity contribution in [2.45, 2.75) is 32.6 Å². The van der Waals surface area contributed by atoms with E-state index in [2.05, 4.69) is 6.92 Å². The first-order chi connectivity index (χ1) is 6.41. The quantitative estimate of drug-likeness (QED) is 0.669. The lowest BCUT2D eigenvalue weighted by molar-refractivity contribution is 0.0904. The molecule has 3 heteroatoms. The fourth-order valence-corrected chi connectivity index (χ4v) is 0.923. The summed E-state index contributed by atoms with van der Waals surface area (Å²) in [7, 11) is 0. The molecule has 1 heterocycles. The Hall–Kier alpha value is -0.120. The Labute approximate surface area is 81.0 Å². The van der Waals surface area contributed by atoms with Crippen molar-refractivity contribution in [1.82, 2.24) is 0 Å². The molecule has 1 aliphatic rings. The summed E-state index contributed by atoms with van der Waals surface area (Å²) in [4.78, 5) is 0. The van der Waals surface area contributed by atoms with Gasteiger partial charge in [-0.05, 0) is 19.3 Å². The Morgan fingerprint density at radius 1 is 1.23 bits per heavy atom. The summed E-state index contributed by atoms with van der Waals surface area (Å²) < 4.78 is 9.92. The molecule has 3 nitrogen and oxygen atoms in total. The number of rotatable bonds is 5. The highest BCUT2D eigenvalue weighted by Gasteiger charge is 1.94. The molecule has 0 aliphatic carbocycles. The second-order valence-electron chi connectivity index (χ2n) is 3.01. The lowest BCUT2D eigenvalue weighted by atomic mass is 10.4. The summed E-state index contributed by atoms with van der Waals surface area (Å²) in [6.45, 7) is 5.53. The van der Waals surface area contributed by atoms with Crippen LogP contribution < -0.4 is 0 Å². The highest BCUT2D eigenvalue weighted by Crippen LogP contribution is 1.98. The largest absolute Gasteiger partial charge is 0.394 e. The van der Waals surface area contributed by atoms with Gasteiger partial charge in [-0.25, -0.2) is 0 Å². The number of unbranched alkanes of at least 4 members (excludes halogenated alkanes) is 1. The Morgan fingerprint density at radius 2 is 1.92 bits per heavy atom. The summed E-state index contributed by atoms with van der Waals surface area (Å²) >= 11 is 0. The molecule has 0 aromatic carbocycles. The minimum absolute atomic E-state index is 0.143. The van der Waals surface area contributed by atoms with Crippen molar-refractivity contribution in [2.75, 3.05) is 33.0 Å². The third-order valence-corrected chi connectivity index (χ3v) is 1.71. The van der Waals surface area contributed by atoms with E-state index in [1.165, 1.54) is 12.8 Å². The van der Waals surface area contributed by atoms with Gasteiger partial charge in [0.25, 0.3) is 0 Å². The van der Waals surface area contributed by atoms with Gasteiger partial charge in [0.15, 0.2) is 0 Å². The van der Waals surface area contributed by atoms with Crippen LogP contribution in [0.1, 0.15) is 32.6 Å². The van der Waals surface area contributed by atoms with Crippen LogP contribution in [0.5, 0.6) is 0 Å². The molecule has 1 rings (SSSR count). The molecule has 1 N–H and O–H groups in total. The van der Waals surface area contributed by atoms with E-state index in [0.717, 1.165) is 32.7 Å². The van der Waals surface area contributed by atoms with E-state index >= 15 is 0 Å². The number of ether oxygens (including phenoxy) is 2. The van der Waals surface area contributed by atoms with Crippen LogP contribution in [-0.2, 0) is 9.47 Å². The van der Waals surface area contributed by atoms with E-state index in [4.69, 9.17) is 14.6 Å². The van der Waals surface area contributed by atoms with E-state index in [-0.39, 0.29) is 6.61 Å². The maximum atomic E-state index is 8.24. The lowest BCUT2D eigenvalue weighted by Gasteiger charge is -1.97. The second kappa shape index (κ2) is 11.9. The highest BCUT2D eigenvalue weighted by atomic mass is 16.5. The van der Waals surface area contributed by atoms with Crippen molar-refractivity contribution in [1.29, 1.82) is 0 Å². The molecular formula is C10H22O3. The summed E-state index contributed by atoms with van der Waals surface area (Å²) in [5.74, 6) is 0. The molecular weight excluding hydrogens is 168 g/mol. The zero-order valence-electron chi connectivity index (χ0n) is 8.63. The average molecular weight is 190 g/mol. The third-order valence-electron chi connectivity index (χ3n) is 1.71. The van der Waals surface area contributed by atoms with Crippen LogP contribution in [0.15, 0.2) is 0 Å². The molecule has 1 aliphatic heterocycles. The second-order valence-corrected chi connectivity index (χ2v) is 3.01. The van der Waals surface area contributed by atoms with Gasteiger partial charge in [-0.15, -0.1) is 0 Å². The van der Waals surface area contributed by atoms with Crippen LogP contribution in [0.3, 0.4) is 0 Å². The van der Waals surface area contributed by atoms with Crippen molar-refractivity contribution in [3.05, 3.63) is 0 Å². The van der Waals surface area contributed by atoms with E-state index < -0.39 is 0 Å². The minimum atomic E-state index is 0.143. The van der Waals surface area contributed by atoms with Gasteiger partial charge in [0, 0.05) is 19.8 Å². The number of aliphatic hydroxyl groups excluding tert-OH is 1. The number of hydrogen-bond donors (Lipinski definition) is 1. The van der Waals surface area contributed by atoms with Crippen molar-refractivity contribution in [2.24, 2.45) is 0 Å². The molecule has 13 heavy (non-hydrogen) atoms. The Kier molecular flexibility index (Phi) is 11.8. The van der Waals surface area contributed by atoms with E-state index in [0.29, 0.717) is 6.61 Å². The van der Waals surface area contributed by atoms with Crippen molar-refractivity contribution in [3.8, 4) is 0 Å². The van der Waals surface area contributed by atoms with Crippen LogP contribution in [0.25, 0.3) is 0 Å². The highest BCUT2D eigenvalue weighted by molar-refractivity contribution is 4.43. The molecule has 0 bridgehead atoms. The monoisotopic (exact) mass is 190 g/mol. The van der Waals surface area contributed by atoms with Gasteiger partial charge in [0.05, 0.1) is 13.2 Å². The Bertz CT molecular complexity index is 68.6. The minimum Gasteiger partial charge on any atom is -0.394 e. The molecule has 0 unspecified atom stereocenters. The van der Waals surface area contributed by atoms with Gasteiger partial charge in [-0.3, -0.25) is 0 Å². The molecule has 1 fully saturated rings. The molecule has 0 atom stereocenters. The molecule has 1 saturated heterocycles. The van der Waals surface area contributed by atoms with Crippen molar-refractivity contribution in [3.63, 3.8) is 0 Å². The van der Waals surface area contributed by atoms with Crippen LogP contribution >= 0.6 is 0 Å². The predicted octanol–water partition coefficient (Wildman–Crippen LogP) is 1.59. The zero-order valence-corrected chi connectivity index (χ0v) is 8.63. The average Bonchev–Trinajstić information content (AvgIpc) is 2.70. The van der Waals surface area contributed by atoms with Gasteiger partial charge in [-0.1, -0.05) is 13.3 Å². The van der Waals surface area contributed by atoms with Crippen LogP contribution in [0.2, 0.25) is 0 Å². The summed E-state index contributed by atoms with van der Waals surface area (Å²) in [5.41, 5.74) is 0.